The van der Waals surface area contributed by atoms with E-state index >= 15 is 0 Å². The first-order chi connectivity index (χ1) is 11.6. The molecule has 0 aliphatic rings. The molecule has 1 aromatic heterocycles. The fourth-order valence-corrected chi connectivity index (χ4v) is 1.83. The van der Waals surface area contributed by atoms with Gasteiger partial charge in [-0.25, -0.2) is 9.59 Å². The average Bonchev–Trinajstić information content (AvgIpc) is 2.72. The van der Waals surface area contributed by atoms with Crippen molar-refractivity contribution >= 4 is 17.7 Å². The number of hydrogen-bond donors (Lipinski definition) is 4. The monoisotopic (exact) mass is 350 g/mol. The van der Waals surface area contributed by atoms with E-state index in [2.05, 4.69) is 5.32 Å². The average molecular weight is 350 g/mol. The number of amides is 1. The first-order valence-electron chi connectivity index (χ1n) is 7.22. The van der Waals surface area contributed by atoms with Crippen molar-refractivity contribution in [2.24, 2.45) is 0 Å². The molecule has 0 radical (unpaired) electrons. The lowest BCUT2D eigenvalue weighted by atomic mass is 10.2. The number of hydrogen-bond acceptors (Lipinski definition) is 7. The third kappa shape index (κ3) is 4.56. The molecule has 0 saturated carbocycles. The molecule has 2 rings (SSSR count). The molecule has 9 heteroatoms. The Morgan fingerprint density at radius 1 is 1.12 bits per heavy atom. The highest BCUT2D eigenvalue weighted by Crippen LogP contribution is 2.32. The van der Waals surface area contributed by atoms with Crippen LogP contribution in [-0.2, 0) is 4.74 Å². The third-order valence-corrected chi connectivity index (χ3v) is 2.81. The normalized spacial score (nSPS) is 11.0. The Labute approximate surface area is 143 Å². The van der Waals surface area contributed by atoms with Gasteiger partial charge in [0.25, 0.3) is 5.88 Å². The van der Waals surface area contributed by atoms with E-state index in [-0.39, 0.29) is 11.3 Å². The molecule has 0 fully saturated rings. The summed E-state index contributed by atoms with van der Waals surface area (Å²) in [5, 5.41) is 30.7. The maximum absolute atomic E-state index is 12.1. The van der Waals surface area contributed by atoms with E-state index in [1.54, 1.807) is 20.8 Å². The van der Waals surface area contributed by atoms with E-state index in [1.807, 2.05) is 0 Å². The molecule has 0 spiro atoms. The Hall–Kier alpha value is -3.36. The van der Waals surface area contributed by atoms with Crippen LogP contribution in [-0.4, -0.2) is 37.7 Å². The van der Waals surface area contributed by atoms with Crippen molar-refractivity contribution in [2.75, 3.05) is 5.32 Å². The first-order valence-corrected chi connectivity index (χ1v) is 7.22. The third-order valence-electron chi connectivity index (χ3n) is 2.81. The molecule has 9 nitrogen and oxygen atoms in total. The summed E-state index contributed by atoms with van der Waals surface area (Å²) in [6.07, 6.45) is -0.691. The minimum Gasteiger partial charge on any atom is -0.503 e. The van der Waals surface area contributed by atoms with Gasteiger partial charge in [0, 0.05) is 11.8 Å². The molecule has 0 aliphatic heterocycles. The summed E-state index contributed by atoms with van der Waals surface area (Å²) in [7, 11) is 0. The fourth-order valence-electron chi connectivity index (χ4n) is 1.83. The largest absolute Gasteiger partial charge is 0.503 e. The van der Waals surface area contributed by atoms with Crippen LogP contribution in [0.4, 0.5) is 10.5 Å². The number of carbonyl (C=O) groups is 2. The number of nitrogens with zero attached hydrogens (tertiary/aromatic N) is 1. The first kappa shape index (κ1) is 18.0. The highest BCUT2D eigenvalue weighted by Gasteiger charge is 2.20. The second kappa shape index (κ2) is 6.63. The summed E-state index contributed by atoms with van der Waals surface area (Å²) in [6, 6.07) is 6.57. The van der Waals surface area contributed by atoms with Crippen LogP contribution in [0.1, 0.15) is 31.1 Å². The van der Waals surface area contributed by atoms with Crippen molar-refractivity contribution in [1.29, 1.82) is 0 Å². The zero-order chi connectivity index (χ0) is 18.8. The minimum absolute atomic E-state index is 0.0283. The lowest BCUT2D eigenvalue weighted by Gasteiger charge is -2.19. The molecule has 0 atom stereocenters. The van der Waals surface area contributed by atoms with Crippen LogP contribution >= 0.6 is 0 Å². The zero-order valence-electron chi connectivity index (χ0n) is 13.8. The smallest absolute Gasteiger partial charge is 0.412 e. The standard InChI is InChI=1S/C16H18N2O7/c1-16(2,3)24-15(23)17-10-6-4-5-9(7-10)14(22)25-18-12(20)8-11(19)13(18)21/h4-8,19-21H,1-3H3,(H,17,23). The molecule has 1 aromatic carbocycles. The molecule has 0 saturated heterocycles. The number of nitrogens with one attached hydrogen (secondary N) is 1. The fraction of sp³-hybridized carbons (Fsp3) is 0.250. The molecule has 2 aromatic rings. The summed E-state index contributed by atoms with van der Waals surface area (Å²) >= 11 is 0. The van der Waals surface area contributed by atoms with Gasteiger partial charge in [-0.2, -0.15) is 0 Å². The van der Waals surface area contributed by atoms with Crippen molar-refractivity contribution in [2.45, 2.75) is 26.4 Å². The predicted molar refractivity (Wildman–Crippen MR) is 86.6 cm³/mol. The highest BCUT2D eigenvalue weighted by molar-refractivity contribution is 5.92. The van der Waals surface area contributed by atoms with Gasteiger partial charge in [0.05, 0.1) is 5.56 Å². The van der Waals surface area contributed by atoms with E-state index in [4.69, 9.17) is 9.57 Å². The van der Waals surface area contributed by atoms with E-state index in [0.717, 1.165) is 6.07 Å². The summed E-state index contributed by atoms with van der Waals surface area (Å²) in [4.78, 5) is 28.6. The van der Waals surface area contributed by atoms with Crippen LogP contribution in [0.3, 0.4) is 0 Å². The summed E-state index contributed by atoms with van der Waals surface area (Å²) < 4.78 is 5.47. The Morgan fingerprint density at radius 2 is 1.80 bits per heavy atom. The Balaban J connectivity index is 2.12. The molecular formula is C16H18N2O7. The maximum atomic E-state index is 12.1. The van der Waals surface area contributed by atoms with E-state index in [9.17, 15) is 24.9 Å². The van der Waals surface area contributed by atoms with Crippen molar-refractivity contribution < 1.29 is 34.5 Å². The number of carbonyl (C=O) groups excluding carboxylic acids is 2. The van der Waals surface area contributed by atoms with Gasteiger partial charge >= 0.3 is 12.1 Å². The molecule has 0 aliphatic carbocycles. The quantitative estimate of drug-likeness (QED) is 0.667. The second-order valence-corrected chi connectivity index (χ2v) is 6.09. The number of aromatic nitrogens is 1. The maximum Gasteiger partial charge on any atom is 0.412 e. The number of rotatable bonds is 3. The highest BCUT2D eigenvalue weighted by atomic mass is 16.7. The molecule has 4 N–H and O–H groups in total. The second-order valence-electron chi connectivity index (χ2n) is 6.09. The number of anilines is 1. The number of benzene rings is 1. The SMILES string of the molecule is CC(C)(C)OC(=O)Nc1cccc(C(=O)On2c(O)cc(O)c2O)c1. The van der Waals surface area contributed by atoms with Gasteiger partial charge in [-0.05, 0) is 39.0 Å². The topological polar surface area (TPSA) is 130 Å². The lowest BCUT2D eigenvalue weighted by Crippen LogP contribution is -2.27. The van der Waals surface area contributed by atoms with Crippen LogP contribution in [0.2, 0.25) is 0 Å². The molecule has 0 bridgehead atoms. The van der Waals surface area contributed by atoms with Crippen molar-refractivity contribution in [3.8, 4) is 17.5 Å². The van der Waals surface area contributed by atoms with Gasteiger partial charge in [-0.3, -0.25) is 5.32 Å². The molecule has 1 amide bonds. The molecule has 1 heterocycles. The van der Waals surface area contributed by atoms with E-state index < -0.39 is 35.2 Å². The summed E-state index contributed by atoms with van der Waals surface area (Å²) in [6.45, 7) is 5.14. The van der Waals surface area contributed by atoms with E-state index in [0.29, 0.717) is 4.73 Å². The van der Waals surface area contributed by atoms with Crippen LogP contribution in [0.25, 0.3) is 0 Å². The van der Waals surface area contributed by atoms with E-state index in [1.165, 1.54) is 24.3 Å². The van der Waals surface area contributed by atoms with Crippen molar-refractivity contribution in [3.63, 3.8) is 0 Å². The van der Waals surface area contributed by atoms with Crippen LogP contribution in [0.5, 0.6) is 17.5 Å². The van der Waals surface area contributed by atoms with Gasteiger partial charge in [0.2, 0.25) is 5.88 Å². The van der Waals surface area contributed by atoms with Gasteiger partial charge < -0.3 is 24.9 Å². The van der Waals surface area contributed by atoms with Gasteiger partial charge in [-0.1, -0.05) is 6.07 Å². The Bertz CT molecular complexity index is 805. The Morgan fingerprint density at radius 3 is 2.36 bits per heavy atom. The van der Waals surface area contributed by atoms with Gasteiger partial charge in [-0.15, -0.1) is 4.73 Å². The van der Waals surface area contributed by atoms with Gasteiger partial charge in [0.1, 0.15) is 5.60 Å². The lowest BCUT2D eigenvalue weighted by molar-refractivity contribution is 0.0378. The molecule has 0 unspecified atom stereocenters. The molecule has 25 heavy (non-hydrogen) atoms. The predicted octanol–water partition coefficient (Wildman–Crippen LogP) is 2.22. The van der Waals surface area contributed by atoms with Crippen molar-refractivity contribution in [1.82, 2.24) is 4.73 Å². The van der Waals surface area contributed by atoms with Gasteiger partial charge in [0.15, 0.2) is 5.75 Å². The Kier molecular flexibility index (Phi) is 4.77. The zero-order valence-corrected chi connectivity index (χ0v) is 13.8. The summed E-state index contributed by atoms with van der Waals surface area (Å²) in [5.74, 6) is -3.07. The summed E-state index contributed by atoms with van der Waals surface area (Å²) in [5.41, 5.74) is -0.361. The molecule has 134 valence electrons. The number of ether oxygens (including phenoxy) is 1. The van der Waals surface area contributed by atoms with Crippen LogP contribution < -0.4 is 10.2 Å². The minimum atomic E-state index is -0.936. The number of aromatic hydroxyl groups is 3. The van der Waals surface area contributed by atoms with Crippen LogP contribution in [0.15, 0.2) is 30.3 Å². The van der Waals surface area contributed by atoms with Crippen LogP contribution in [0, 0.1) is 0 Å². The molecular weight excluding hydrogens is 332 g/mol. The van der Waals surface area contributed by atoms with Crippen molar-refractivity contribution in [3.05, 3.63) is 35.9 Å².